The van der Waals surface area contributed by atoms with E-state index in [1.54, 1.807) is 0 Å². The fourth-order valence-electron chi connectivity index (χ4n) is 1.49. The molecule has 2 atom stereocenters. The summed E-state index contributed by atoms with van der Waals surface area (Å²) in [7, 11) is -0.110. The van der Waals surface area contributed by atoms with Crippen LogP contribution in [-0.4, -0.2) is 19.3 Å². The standard InChI is InChI=1S/C11H21BO2/c1-4-5-6-7-8-9-12-13-10(2)11(3)14-12/h8-11H,4-7H2,1-3H3/b9-8+. The third-order valence-corrected chi connectivity index (χ3v) is 2.63. The van der Waals surface area contributed by atoms with Gasteiger partial charge in [-0.25, -0.2) is 0 Å². The predicted octanol–water partition coefficient (Wildman–Crippen LogP) is 2.97. The summed E-state index contributed by atoms with van der Waals surface area (Å²) in [5.74, 6) is 2.04. The summed E-state index contributed by atoms with van der Waals surface area (Å²) in [5.41, 5.74) is 0. The summed E-state index contributed by atoms with van der Waals surface area (Å²) in [6.07, 6.45) is 7.61. The van der Waals surface area contributed by atoms with E-state index in [1.165, 1.54) is 19.3 Å². The van der Waals surface area contributed by atoms with Crippen LogP contribution in [0.4, 0.5) is 0 Å². The second kappa shape index (κ2) is 6.25. The van der Waals surface area contributed by atoms with Crippen LogP contribution in [-0.2, 0) is 9.31 Å². The Balaban J connectivity index is 2.12. The van der Waals surface area contributed by atoms with Gasteiger partial charge in [0.2, 0.25) is 0 Å². The summed E-state index contributed by atoms with van der Waals surface area (Å²) >= 11 is 0. The van der Waals surface area contributed by atoms with E-state index in [0.717, 1.165) is 6.42 Å². The normalized spacial score (nSPS) is 27.8. The molecule has 1 saturated heterocycles. The second-order valence-electron chi connectivity index (χ2n) is 3.97. The van der Waals surface area contributed by atoms with Crippen molar-refractivity contribution in [2.75, 3.05) is 0 Å². The van der Waals surface area contributed by atoms with E-state index in [2.05, 4.69) is 26.8 Å². The fraction of sp³-hybridized carbons (Fsp3) is 0.818. The van der Waals surface area contributed by atoms with E-state index in [1.807, 2.05) is 5.98 Å². The molecule has 0 amide bonds. The molecule has 1 fully saturated rings. The molecule has 1 rings (SSSR count). The molecule has 0 spiro atoms. The summed E-state index contributed by atoms with van der Waals surface area (Å²) in [5, 5.41) is 0. The SMILES string of the molecule is CCCCC/C=C/B1OC(C)C(C)O1. The molecule has 0 aliphatic carbocycles. The molecule has 0 N–H and O–H groups in total. The van der Waals surface area contributed by atoms with Gasteiger partial charge in [0, 0.05) is 0 Å². The average molecular weight is 196 g/mol. The lowest BCUT2D eigenvalue weighted by Gasteiger charge is -2.04. The van der Waals surface area contributed by atoms with Crippen LogP contribution in [0.1, 0.15) is 46.5 Å². The van der Waals surface area contributed by atoms with Gasteiger partial charge >= 0.3 is 7.12 Å². The maximum Gasteiger partial charge on any atom is 0.486 e. The lowest BCUT2D eigenvalue weighted by Crippen LogP contribution is -2.13. The van der Waals surface area contributed by atoms with Crippen molar-refractivity contribution in [1.82, 2.24) is 0 Å². The van der Waals surface area contributed by atoms with Crippen LogP contribution in [0.25, 0.3) is 0 Å². The van der Waals surface area contributed by atoms with Crippen molar-refractivity contribution < 1.29 is 9.31 Å². The van der Waals surface area contributed by atoms with Crippen molar-refractivity contribution >= 4 is 7.12 Å². The number of unbranched alkanes of at least 4 members (excludes halogenated alkanes) is 3. The molecule has 0 aromatic carbocycles. The molecule has 0 saturated carbocycles. The summed E-state index contributed by atoms with van der Waals surface area (Å²) in [4.78, 5) is 0. The first kappa shape index (κ1) is 11.8. The smallest absolute Gasteiger partial charge is 0.403 e. The van der Waals surface area contributed by atoms with Crippen LogP contribution in [0, 0.1) is 0 Å². The Morgan fingerprint density at radius 1 is 1.14 bits per heavy atom. The second-order valence-corrected chi connectivity index (χ2v) is 3.97. The highest BCUT2D eigenvalue weighted by Crippen LogP contribution is 2.16. The molecule has 80 valence electrons. The van der Waals surface area contributed by atoms with E-state index < -0.39 is 0 Å². The third-order valence-electron chi connectivity index (χ3n) is 2.63. The van der Waals surface area contributed by atoms with Crippen molar-refractivity contribution in [3.8, 4) is 0 Å². The Morgan fingerprint density at radius 3 is 2.36 bits per heavy atom. The van der Waals surface area contributed by atoms with E-state index in [9.17, 15) is 0 Å². The minimum Gasteiger partial charge on any atom is -0.403 e. The van der Waals surface area contributed by atoms with Crippen molar-refractivity contribution in [3.63, 3.8) is 0 Å². The van der Waals surface area contributed by atoms with Gasteiger partial charge in [-0.2, -0.15) is 0 Å². The van der Waals surface area contributed by atoms with Gasteiger partial charge in [0.15, 0.2) is 0 Å². The van der Waals surface area contributed by atoms with Crippen molar-refractivity contribution in [2.45, 2.75) is 58.7 Å². The zero-order valence-corrected chi connectivity index (χ0v) is 9.53. The molecule has 0 aromatic heterocycles. The minimum atomic E-state index is -0.110. The van der Waals surface area contributed by atoms with Gasteiger partial charge in [0.05, 0.1) is 12.2 Å². The van der Waals surface area contributed by atoms with Gasteiger partial charge in [-0.3, -0.25) is 0 Å². The first-order valence-corrected chi connectivity index (χ1v) is 5.71. The Morgan fingerprint density at radius 2 is 1.79 bits per heavy atom. The number of hydrogen-bond donors (Lipinski definition) is 0. The molecule has 1 heterocycles. The van der Waals surface area contributed by atoms with E-state index in [0.29, 0.717) is 0 Å². The summed E-state index contributed by atoms with van der Waals surface area (Å²) < 4.78 is 11.1. The monoisotopic (exact) mass is 196 g/mol. The Kier molecular flexibility index (Phi) is 5.27. The van der Waals surface area contributed by atoms with Gasteiger partial charge < -0.3 is 9.31 Å². The Labute approximate surface area is 87.8 Å². The van der Waals surface area contributed by atoms with Crippen LogP contribution >= 0.6 is 0 Å². The molecule has 0 radical (unpaired) electrons. The number of allylic oxidation sites excluding steroid dienone is 1. The largest absolute Gasteiger partial charge is 0.486 e. The van der Waals surface area contributed by atoms with Crippen LogP contribution < -0.4 is 0 Å². The highest BCUT2D eigenvalue weighted by atomic mass is 16.6. The summed E-state index contributed by atoms with van der Waals surface area (Å²) in [6.45, 7) is 6.32. The first-order chi connectivity index (χ1) is 6.74. The van der Waals surface area contributed by atoms with E-state index >= 15 is 0 Å². The zero-order valence-electron chi connectivity index (χ0n) is 9.53. The molecule has 1 aliphatic heterocycles. The molecule has 0 bridgehead atoms. The molecule has 2 nitrogen and oxygen atoms in total. The molecule has 1 aliphatic rings. The van der Waals surface area contributed by atoms with Crippen molar-refractivity contribution in [1.29, 1.82) is 0 Å². The highest BCUT2D eigenvalue weighted by Gasteiger charge is 2.31. The van der Waals surface area contributed by atoms with E-state index in [4.69, 9.17) is 9.31 Å². The van der Waals surface area contributed by atoms with Crippen LogP contribution in [0.2, 0.25) is 0 Å². The maximum atomic E-state index is 5.57. The van der Waals surface area contributed by atoms with Gasteiger partial charge in [-0.15, -0.1) is 0 Å². The van der Waals surface area contributed by atoms with Gasteiger partial charge in [-0.1, -0.05) is 31.8 Å². The van der Waals surface area contributed by atoms with Crippen molar-refractivity contribution in [2.24, 2.45) is 0 Å². The highest BCUT2D eigenvalue weighted by molar-refractivity contribution is 6.51. The lowest BCUT2D eigenvalue weighted by molar-refractivity contribution is 0.187. The predicted molar refractivity (Wildman–Crippen MR) is 60.1 cm³/mol. The fourth-order valence-corrected chi connectivity index (χ4v) is 1.49. The van der Waals surface area contributed by atoms with Crippen LogP contribution in [0.15, 0.2) is 12.1 Å². The molecule has 3 heteroatoms. The first-order valence-electron chi connectivity index (χ1n) is 5.71. The van der Waals surface area contributed by atoms with Gasteiger partial charge in [0.1, 0.15) is 0 Å². The lowest BCUT2D eigenvalue weighted by atomic mass is 9.90. The number of hydrogen-bond acceptors (Lipinski definition) is 2. The van der Waals surface area contributed by atoms with Crippen molar-refractivity contribution in [3.05, 3.63) is 12.1 Å². The molecule has 14 heavy (non-hydrogen) atoms. The van der Waals surface area contributed by atoms with E-state index in [-0.39, 0.29) is 19.3 Å². The maximum absolute atomic E-state index is 5.57. The van der Waals surface area contributed by atoms with Gasteiger partial charge in [-0.05, 0) is 26.7 Å². The quantitative estimate of drug-likeness (QED) is 0.497. The molecular weight excluding hydrogens is 175 g/mol. The Hall–Kier alpha value is -0.275. The number of rotatable bonds is 5. The van der Waals surface area contributed by atoms with Crippen LogP contribution in [0.3, 0.4) is 0 Å². The molecular formula is C11H21BO2. The van der Waals surface area contributed by atoms with Crippen LogP contribution in [0.5, 0.6) is 0 Å². The zero-order chi connectivity index (χ0) is 10.4. The van der Waals surface area contributed by atoms with Gasteiger partial charge in [0.25, 0.3) is 0 Å². The Bertz CT molecular complexity index is 172. The minimum absolute atomic E-state index is 0.110. The average Bonchev–Trinajstić information content (AvgIpc) is 2.46. The summed E-state index contributed by atoms with van der Waals surface area (Å²) in [6, 6.07) is 0. The molecule has 2 unspecified atom stereocenters. The molecule has 0 aromatic rings. The topological polar surface area (TPSA) is 18.5 Å². The third kappa shape index (κ3) is 3.85.